The molecule has 0 aromatic heterocycles. The van der Waals surface area contributed by atoms with Crippen LogP contribution in [0.2, 0.25) is 0 Å². The Balaban J connectivity index is 3.10. The highest BCUT2D eigenvalue weighted by molar-refractivity contribution is 9.10. The van der Waals surface area contributed by atoms with Gasteiger partial charge in [-0.2, -0.15) is 0 Å². The molecule has 1 rings (SSSR count). The molecule has 0 bridgehead atoms. The van der Waals surface area contributed by atoms with E-state index < -0.39 is 0 Å². The van der Waals surface area contributed by atoms with Gasteiger partial charge in [0.15, 0.2) is 5.78 Å². The highest BCUT2D eigenvalue weighted by atomic mass is 79.9. The van der Waals surface area contributed by atoms with Gasteiger partial charge in [-0.15, -0.1) is 11.8 Å². The molecular weight excluding hydrogens is 328 g/mol. The SMILES string of the molecule is CSc1cccc(Br)c1C(=O)CCBr. The van der Waals surface area contributed by atoms with Crippen LogP contribution >= 0.6 is 43.6 Å². The Morgan fingerprint density at radius 2 is 2.21 bits per heavy atom. The predicted octanol–water partition coefficient (Wildman–Crippen LogP) is 4.14. The van der Waals surface area contributed by atoms with Crippen molar-refractivity contribution in [3.8, 4) is 0 Å². The molecule has 0 amide bonds. The standard InChI is InChI=1S/C10H10Br2OS/c1-14-9-4-2-3-7(12)10(9)8(13)5-6-11/h2-4H,5-6H2,1H3. The monoisotopic (exact) mass is 336 g/mol. The van der Waals surface area contributed by atoms with Crippen molar-refractivity contribution in [1.82, 2.24) is 0 Å². The summed E-state index contributed by atoms with van der Waals surface area (Å²) in [5, 5.41) is 0.709. The van der Waals surface area contributed by atoms with Gasteiger partial charge in [-0.1, -0.05) is 37.9 Å². The van der Waals surface area contributed by atoms with E-state index in [1.54, 1.807) is 11.8 Å². The van der Waals surface area contributed by atoms with E-state index in [0.29, 0.717) is 11.8 Å². The zero-order chi connectivity index (χ0) is 10.6. The molecule has 0 unspecified atom stereocenters. The van der Waals surface area contributed by atoms with Crippen molar-refractivity contribution in [2.24, 2.45) is 0 Å². The lowest BCUT2D eigenvalue weighted by Crippen LogP contribution is -2.02. The highest BCUT2D eigenvalue weighted by Gasteiger charge is 2.13. The molecule has 0 saturated carbocycles. The number of alkyl halides is 1. The molecule has 0 aliphatic rings. The van der Waals surface area contributed by atoms with Gasteiger partial charge in [0, 0.05) is 26.7 Å². The third-order valence-electron chi connectivity index (χ3n) is 1.80. The van der Waals surface area contributed by atoms with Crippen LogP contribution in [0.4, 0.5) is 0 Å². The van der Waals surface area contributed by atoms with E-state index in [4.69, 9.17) is 0 Å². The van der Waals surface area contributed by atoms with Crippen LogP contribution in [0, 0.1) is 0 Å². The lowest BCUT2D eigenvalue weighted by Gasteiger charge is -2.07. The van der Waals surface area contributed by atoms with Gasteiger partial charge in [-0.25, -0.2) is 0 Å². The van der Waals surface area contributed by atoms with Crippen LogP contribution in [0.1, 0.15) is 16.8 Å². The van der Waals surface area contributed by atoms with Crippen molar-refractivity contribution >= 4 is 49.4 Å². The molecule has 0 radical (unpaired) electrons. The highest BCUT2D eigenvalue weighted by Crippen LogP contribution is 2.28. The molecule has 0 heterocycles. The summed E-state index contributed by atoms with van der Waals surface area (Å²) in [6.07, 6.45) is 2.52. The molecule has 4 heteroatoms. The smallest absolute Gasteiger partial charge is 0.165 e. The normalized spacial score (nSPS) is 10.2. The zero-order valence-corrected chi connectivity index (χ0v) is 11.7. The summed E-state index contributed by atoms with van der Waals surface area (Å²) in [5.74, 6) is 0.179. The fourth-order valence-electron chi connectivity index (χ4n) is 1.16. The summed E-state index contributed by atoms with van der Waals surface area (Å²) in [4.78, 5) is 12.8. The molecular formula is C10H10Br2OS. The molecule has 0 spiro atoms. The van der Waals surface area contributed by atoms with Crippen molar-refractivity contribution in [1.29, 1.82) is 0 Å². The van der Waals surface area contributed by atoms with Crippen LogP contribution in [0.5, 0.6) is 0 Å². The molecule has 0 fully saturated rings. The number of Topliss-reactive ketones (excluding diaryl/α,β-unsaturated/α-hetero) is 1. The maximum atomic E-state index is 11.8. The molecule has 0 N–H and O–H groups in total. The number of carbonyl (C=O) groups excluding carboxylic acids is 1. The van der Waals surface area contributed by atoms with Crippen LogP contribution in [0.25, 0.3) is 0 Å². The van der Waals surface area contributed by atoms with Gasteiger partial charge in [-0.3, -0.25) is 4.79 Å². The van der Waals surface area contributed by atoms with Crippen molar-refractivity contribution in [2.75, 3.05) is 11.6 Å². The lowest BCUT2D eigenvalue weighted by atomic mass is 10.1. The van der Waals surface area contributed by atoms with Gasteiger partial charge in [0.25, 0.3) is 0 Å². The van der Waals surface area contributed by atoms with E-state index in [1.165, 1.54) is 0 Å². The first kappa shape index (κ1) is 12.3. The first-order chi connectivity index (χ1) is 6.70. The van der Waals surface area contributed by atoms with Gasteiger partial charge in [0.05, 0.1) is 0 Å². The molecule has 0 saturated heterocycles. The van der Waals surface area contributed by atoms with Crippen LogP contribution in [-0.4, -0.2) is 17.4 Å². The Bertz CT molecular complexity index is 339. The van der Waals surface area contributed by atoms with Gasteiger partial charge in [0.1, 0.15) is 0 Å². The molecule has 1 nitrogen and oxygen atoms in total. The molecule has 14 heavy (non-hydrogen) atoms. The Kier molecular flexibility index (Phi) is 5.20. The summed E-state index contributed by atoms with van der Waals surface area (Å²) in [5.41, 5.74) is 0.805. The number of benzene rings is 1. The Labute approximate surface area is 105 Å². The van der Waals surface area contributed by atoms with Crippen LogP contribution in [0.3, 0.4) is 0 Å². The topological polar surface area (TPSA) is 17.1 Å². The van der Waals surface area contributed by atoms with Gasteiger partial charge < -0.3 is 0 Å². The summed E-state index contributed by atoms with van der Waals surface area (Å²) < 4.78 is 0.885. The van der Waals surface area contributed by atoms with E-state index in [-0.39, 0.29) is 5.78 Å². The fourth-order valence-corrected chi connectivity index (χ4v) is 2.88. The third kappa shape index (κ3) is 2.84. The minimum Gasteiger partial charge on any atom is -0.294 e. The van der Waals surface area contributed by atoms with Crippen molar-refractivity contribution < 1.29 is 4.79 Å². The van der Waals surface area contributed by atoms with Gasteiger partial charge >= 0.3 is 0 Å². The van der Waals surface area contributed by atoms with E-state index in [1.807, 2.05) is 24.5 Å². The average molecular weight is 338 g/mol. The molecule has 0 aliphatic carbocycles. The second kappa shape index (κ2) is 5.93. The Morgan fingerprint density at radius 1 is 1.50 bits per heavy atom. The lowest BCUT2D eigenvalue weighted by molar-refractivity contribution is 0.0986. The predicted molar refractivity (Wildman–Crippen MR) is 68.7 cm³/mol. The number of ketones is 1. The average Bonchev–Trinajstić information content (AvgIpc) is 2.17. The van der Waals surface area contributed by atoms with E-state index in [9.17, 15) is 4.79 Å². The molecule has 1 aromatic carbocycles. The minimum absolute atomic E-state index is 0.179. The fraction of sp³-hybridized carbons (Fsp3) is 0.300. The third-order valence-corrected chi connectivity index (χ3v) is 3.63. The van der Waals surface area contributed by atoms with Crippen LogP contribution < -0.4 is 0 Å². The number of hydrogen-bond donors (Lipinski definition) is 0. The van der Waals surface area contributed by atoms with E-state index in [2.05, 4.69) is 31.9 Å². The second-order valence-corrected chi connectivity index (χ2v) is 5.17. The van der Waals surface area contributed by atoms with Gasteiger partial charge in [0.2, 0.25) is 0 Å². The number of hydrogen-bond acceptors (Lipinski definition) is 2. The summed E-state index contributed by atoms with van der Waals surface area (Å²) in [6.45, 7) is 0. The largest absolute Gasteiger partial charge is 0.294 e. The molecule has 1 aromatic rings. The zero-order valence-electron chi connectivity index (χ0n) is 7.72. The Hall–Kier alpha value is 0.200. The van der Waals surface area contributed by atoms with Crippen molar-refractivity contribution in [3.63, 3.8) is 0 Å². The molecule has 0 atom stereocenters. The first-order valence-corrected chi connectivity index (χ1v) is 7.26. The number of rotatable bonds is 4. The molecule has 0 aliphatic heterocycles. The van der Waals surface area contributed by atoms with Crippen molar-refractivity contribution in [2.45, 2.75) is 11.3 Å². The van der Waals surface area contributed by atoms with Crippen LogP contribution in [-0.2, 0) is 0 Å². The number of carbonyl (C=O) groups is 1. The van der Waals surface area contributed by atoms with E-state index in [0.717, 1.165) is 14.9 Å². The summed E-state index contributed by atoms with van der Waals surface area (Å²) in [7, 11) is 0. The number of thioether (sulfide) groups is 1. The first-order valence-electron chi connectivity index (χ1n) is 4.12. The quantitative estimate of drug-likeness (QED) is 0.466. The molecule has 76 valence electrons. The van der Waals surface area contributed by atoms with Crippen LogP contribution in [0.15, 0.2) is 27.6 Å². The second-order valence-electron chi connectivity index (χ2n) is 2.68. The summed E-state index contributed by atoms with van der Waals surface area (Å²) >= 11 is 8.28. The number of halogens is 2. The maximum Gasteiger partial charge on any atom is 0.165 e. The van der Waals surface area contributed by atoms with E-state index >= 15 is 0 Å². The van der Waals surface area contributed by atoms with Crippen molar-refractivity contribution in [3.05, 3.63) is 28.2 Å². The van der Waals surface area contributed by atoms with Gasteiger partial charge in [-0.05, 0) is 18.4 Å². The minimum atomic E-state index is 0.179. The maximum absolute atomic E-state index is 11.8. The Morgan fingerprint density at radius 3 is 2.79 bits per heavy atom. The summed E-state index contributed by atoms with van der Waals surface area (Å²) in [6, 6.07) is 5.82.